The topological polar surface area (TPSA) is 38.3 Å². The molecule has 0 saturated carbocycles. The molecule has 3 nitrogen and oxygen atoms in total. The lowest BCUT2D eigenvalue weighted by Crippen LogP contribution is -2.32. The van der Waals surface area contributed by atoms with Gasteiger partial charge in [-0.15, -0.1) is 0 Å². The number of rotatable bonds is 3. The number of methoxy groups -OCH3 is 1. The second-order valence-corrected chi connectivity index (χ2v) is 5.41. The van der Waals surface area contributed by atoms with Crippen molar-refractivity contribution in [2.24, 2.45) is 5.92 Å². The fourth-order valence-electron chi connectivity index (χ4n) is 2.92. The monoisotopic (exact) mass is 261 g/mol. The van der Waals surface area contributed by atoms with Gasteiger partial charge < -0.3 is 10.1 Å². The Bertz CT molecular complexity index is 488. The van der Waals surface area contributed by atoms with Crippen molar-refractivity contribution in [1.29, 1.82) is 0 Å². The maximum atomic E-state index is 12.7. The van der Waals surface area contributed by atoms with Crippen molar-refractivity contribution in [3.63, 3.8) is 0 Å². The molecule has 1 aromatic rings. The molecule has 1 saturated heterocycles. The van der Waals surface area contributed by atoms with Gasteiger partial charge in [0.1, 0.15) is 5.75 Å². The number of nitrogens with one attached hydrogen (secondary N) is 1. The number of hydrogen-bond acceptors (Lipinski definition) is 3. The summed E-state index contributed by atoms with van der Waals surface area (Å²) < 4.78 is 5.37. The molecule has 0 radical (unpaired) electrons. The third-order valence-electron chi connectivity index (χ3n) is 4.23. The Morgan fingerprint density at radius 3 is 2.42 bits per heavy atom. The number of benzene rings is 1. The molecule has 0 aromatic heterocycles. The summed E-state index contributed by atoms with van der Waals surface area (Å²) in [4.78, 5) is 12.7. The van der Waals surface area contributed by atoms with E-state index >= 15 is 0 Å². The van der Waals surface area contributed by atoms with Gasteiger partial charge in [-0.2, -0.15) is 0 Å². The van der Waals surface area contributed by atoms with Crippen molar-refractivity contribution in [2.75, 3.05) is 20.2 Å². The van der Waals surface area contributed by atoms with Crippen molar-refractivity contribution in [3.05, 3.63) is 28.3 Å². The molecule has 1 fully saturated rings. The van der Waals surface area contributed by atoms with E-state index in [0.29, 0.717) is 5.78 Å². The Kier molecular flexibility index (Phi) is 4.25. The number of carbonyl (C=O) groups is 1. The Labute approximate surface area is 115 Å². The first-order valence-corrected chi connectivity index (χ1v) is 6.96. The number of hydrogen-bond donors (Lipinski definition) is 1. The molecule has 1 aliphatic rings. The predicted octanol–water partition coefficient (Wildman–Crippen LogP) is 2.80. The molecule has 0 spiro atoms. The Morgan fingerprint density at radius 1 is 1.21 bits per heavy atom. The number of piperidine rings is 1. The summed E-state index contributed by atoms with van der Waals surface area (Å²) in [5, 5.41) is 3.31. The van der Waals surface area contributed by atoms with Crippen LogP contribution >= 0.6 is 0 Å². The lowest BCUT2D eigenvalue weighted by atomic mass is 9.84. The molecule has 0 bridgehead atoms. The number of ketones is 1. The average Bonchev–Trinajstić information content (AvgIpc) is 2.43. The van der Waals surface area contributed by atoms with Gasteiger partial charge in [0.15, 0.2) is 5.78 Å². The maximum absolute atomic E-state index is 12.7. The minimum Gasteiger partial charge on any atom is -0.496 e. The predicted molar refractivity (Wildman–Crippen MR) is 77.1 cm³/mol. The minimum atomic E-state index is 0.173. The lowest BCUT2D eigenvalue weighted by Gasteiger charge is -2.24. The summed E-state index contributed by atoms with van der Waals surface area (Å²) in [6.45, 7) is 7.95. The molecule has 0 aliphatic carbocycles. The van der Waals surface area contributed by atoms with Crippen LogP contribution in [0, 0.1) is 26.7 Å². The zero-order chi connectivity index (χ0) is 14.0. The van der Waals surface area contributed by atoms with E-state index in [0.717, 1.165) is 53.9 Å². The van der Waals surface area contributed by atoms with Gasteiger partial charge in [-0.05, 0) is 69.5 Å². The van der Waals surface area contributed by atoms with Crippen LogP contribution in [0.25, 0.3) is 0 Å². The number of aryl methyl sites for hydroxylation is 1. The lowest BCUT2D eigenvalue weighted by molar-refractivity contribution is 0.0893. The van der Waals surface area contributed by atoms with Crippen LogP contribution in [0.2, 0.25) is 0 Å². The summed E-state index contributed by atoms with van der Waals surface area (Å²) in [6.07, 6.45) is 1.89. The van der Waals surface area contributed by atoms with E-state index in [1.165, 1.54) is 0 Å². The Balaban J connectivity index is 2.38. The molecule has 0 atom stereocenters. The molecule has 1 N–H and O–H groups in total. The fraction of sp³-hybridized carbons (Fsp3) is 0.562. The van der Waals surface area contributed by atoms with Gasteiger partial charge in [-0.25, -0.2) is 0 Å². The van der Waals surface area contributed by atoms with Gasteiger partial charge >= 0.3 is 0 Å². The van der Waals surface area contributed by atoms with Gasteiger partial charge in [0.05, 0.1) is 7.11 Å². The largest absolute Gasteiger partial charge is 0.496 e. The van der Waals surface area contributed by atoms with Crippen molar-refractivity contribution >= 4 is 5.78 Å². The summed E-state index contributed by atoms with van der Waals surface area (Å²) in [5.74, 6) is 1.35. The molecule has 19 heavy (non-hydrogen) atoms. The molecule has 104 valence electrons. The number of Topliss-reactive ketones (excluding diaryl/α,β-unsaturated/α-hetero) is 1. The maximum Gasteiger partial charge on any atom is 0.166 e. The van der Waals surface area contributed by atoms with Crippen LogP contribution in [0.4, 0.5) is 0 Å². The normalized spacial score (nSPS) is 16.4. The smallest absolute Gasteiger partial charge is 0.166 e. The van der Waals surface area contributed by atoms with E-state index in [9.17, 15) is 4.79 Å². The molecule has 1 aromatic carbocycles. The molecule has 2 rings (SSSR count). The molecule has 1 aliphatic heterocycles. The molecular weight excluding hydrogens is 238 g/mol. The van der Waals surface area contributed by atoms with E-state index in [1.54, 1.807) is 7.11 Å². The highest BCUT2D eigenvalue weighted by Gasteiger charge is 2.25. The fourth-order valence-corrected chi connectivity index (χ4v) is 2.92. The second kappa shape index (κ2) is 5.74. The Morgan fingerprint density at radius 2 is 1.84 bits per heavy atom. The SMILES string of the molecule is COc1cc(C)c(C(=O)C2CCNCC2)c(C)c1C. The van der Waals surface area contributed by atoms with Gasteiger partial charge in [-0.3, -0.25) is 4.79 Å². The van der Waals surface area contributed by atoms with Gasteiger partial charge in [0, 0.05) is 11.5 Å². The van der Waals surface area contributed by atoms with Crippen LogP contribution in [0.1, 0.15) is 39.9 Å². The van der Waals surface area contributed by atoms with Crippen molar-refractivity contribution < 1.29 is 9.53 Å². The third kappa shape index (κ3) is 2.66. The third-order valence-corrected chi connectivity index (χ3v) is 4.23. The van der Waals surface area contributed by atoms with Crippen LogP contribution in [0.5, 0.6) is 5.75 Å². The van der Waals surface area contributed by atoms with E-state index in [-0.39, 0.29) is 5.92 Å². The van der Waals surface area contributed by atoms with Gasteiger partial charge in [0.2, 0.25) is 0 Å². The second-order valence-electron chi connectivity index (χ2n) is 5.41. The molecular formula is C16H23NO2. The molecule has 0 unspecified atom stereocenters. The van der Waals surface area contributed by atoms with E-state index < -0.39 is 0 Å². The summed E-state index contributed by atoms with van der Waals surface area (Å²) in [7, 11) is 1.68. The zero-order valence-corrected chi connectivity index (χ0v) is 12.3. The van der Waals surface area contributed by atoms with Crippen molar-refractivity contribution in [3.8, 4) is 5.75 Å². The minimum absolute atomic E-state index is 0.173. The van der Waals surface area contributed by atoms with E-state index in [4.69, 9.17) is 4.74 Å². The highest BCUT2D eigenvalue weighted by molar-refractivity contribution is 6.01. The highest BCUT2D eigenvalue weighted by atomic mass is 16.5. The van der Waals surface area contributed by atoms with Crippen LogP contribution in [-0.4, -0.2) is 26.0 Å². The number of ether oxygens (including phenoxy) is 1. The van der Waals surface area contributed by atoms with Crippen LogP contribution in [0.15, 0.2) is 6.07 Å². The molecule has 0 amide bonds. The van der Waals surface area contributed by atoms with Gasteiger partial charge in [0.25, 0.3) is 0 Å². The average molecular weight is 261 g/mol. The molecule has 1 heterocycles. The quantitative estimate of drug-likeness (QED) is 0.850. The van der Waals surface area contributed by atoms with Crippen LogP contribution in [-0.2, 0) is 0 Å². The first kappa shape index (κ1) is 14.1. The van der Waals surface area contributed by atoms with Crippen molar-refractivity contribution in [1.82, 2.24) is 5.32 Å². The summed E-state index contributed by atoms with van der Waals surface area (Å²) in [5.41, 5.74) is 4.08. The first-order chi connectivity index (χ1) is 9.06. The van der Waals surface area contributed by atoms with E-state index in [2.05, 4.69) is 5.32 Å². The summed E-state index contributed by atoms with van der Waals surface area (Å²) >= 11 is 0. The first-order valence-electron chi connectivity index (χ1n) is 6.96. The van der Waals surface area contributed by atoms with Crippen LogP contribution in [0.3, 0.4) is 0 Å². The van der Waals surface area contributed by atoms with Gasteiger partial charge in [-0.1, -0.05) is 0 Å². The Hall–Kier alpha value is -1.35. The zero-order valence-electron chi connectivity index (χ0n) is 12.3. The summed E-state index contributed by atoms with van der Waals surface area (Å²) in [6, 6.07) is 1.98. The van der Waals surface area contributed by atoms with Crippen molar-refractivity contribution in [2.45, 2.75) is 33.6 Å². The van der Waals surface area contributed by atoms with Crippen LogP contribution < -0.4 is 10.1 Å². The highest BCUT2D eigenvalue weighted by Crippen LogP contribution is 2.30. The standard InChI is InChI=1S/C16H23NO2/c1-10-9-14(19-4)11(2)12(3)15(10)16(18)13-5-7-17-8-6-13/h9,13,17H,5-8H2,1-4H3. The van der Waals surface area contributed by atoms with E-state index in [1.807, 2.05) is 26.8 Å². The number of carbonyl (C=O) groups excluding carboxylic acids is 1. The molecule has 3 heteroatoms.